The molecule has 0 atom stereocenters. The normalized spacial score (nSPS) is 13.1. The fourth-order valence-corrected chi connectivity index (χ4v) is 1.94. The van der Waals surface area contributed by atoms with Crippen LogP contribution in [-0.4, -0.2) is 24.0 Å². The quantitative estimate of drug-likeness (QED) is 0.608. The molecule has 0 saturated heterocycles. The summed E-state index contributed by atoms with van der Waals surface area (Å²) < 4.78 is 12.6. The average Bonchev–Trinajstić information content (AvgIpc) is 2.48. The SMILES string of the molecule is O=C(C[n+]1ccnc2c1OCCO2)c1ccccc1. The van der Waals surface area contributed by atoms with Gasteiger partial charge in [0, 0.05) is 5.56 Å². The molecule has 1 aliphatic heterocycles. The number of carbonyl (C=O) groups is 1. The van der Waals surface area contributed by atoms with E-state index in [1.54, 1.807) is 29.1 Å². The summed E-state index contributed by atoms with van der Waals surface area (Å²) >= 11 is 0. The van der Waals surface area contributed by atoms with Crippen LogP contribution in [0.4, 0.5) is 0 Å². The molecule has 0 N–H and O–H groups in total. The first-order valence-electron chi connectivity index (χ1n) is 6.07. The molecule has 0 unspecified atom stereocenters. The molecule has 3 rings (SSSR count). The van der Waals surface area contributed by atoms with E-state index in [4.69, 9.17) is 9.47 Å². The predicted octanol–water partition coefficient (Wildman–Crippen LogP) is 1.02. The number of ketones is 1. The molecular formula is C14H13N2O3+. The lowest BCUT2D eigenvalue weighted by molar-refractivity contribution is -0.690. The maximum atomic E-state index is 12.2. The molecule has 0 aliphatic carbocycles. The Hall–Kier alpha value is -2.43. The second kappa shape index (κ2) is 5.06. The number of ether oxygens (including phenoxy) is 2. The zero-order chi connectivity index (χ0) is 13.1. The van der Waals surface area contributed by atoms with Crippen molar-refractivity contribution in [3.63, 3.8) is 0 Å². The largest absolute Gasteiger partial charge is 0.467 e. The Morgan fingerprint density at radius 3 is 2.84 bits per heavy atom. The van der Waals surface area contributed by atoms with Gasteiger partial charge in [0.15, 0.2) is 6.20 Å². The first kappa shape index (κ1) is 11.6. The summed E-state index contributed by atoms with van der Waals surface area (Å²) in [5.41, 5.74) is 0.678. The fourth-order valence-electron chi connectivity index (χ4n) is 1.94. The van der Waals surface area contributed by atoms with Crippen LogP contribution < -0.4 is 14.0 Å². The van der Waals surface area contributed by atoms with Crippen molar-refractivity contribution < 1.29 is 18.8 Å². The highest BCUT2D eigenvalue weighted by Crippen LogP contribution is 2.21. The van der Waals surface area contributed by atoms with Crippen LogP contribution in [0.2, 0.25) is 0 Å². The van der Waals surface area contributed by atoms with Crippen molar-refractivity contribution in [2.45, 2.75) is 6.54 Å². The summed E-state index contributed by atoms with van der Waals surface area (Å²) in [5.74, 6) is 0.973. The Labute approximate surface area is 110 Å². The zero-order valence-electron chi connectivity index (χ0n) is 10.3. The monoisotopic (exact) mass is 257 g/mol. The molecule has 1 aromatic heterocycles. The van der Waals surface area contributed by atoms with Gasteiger partial charge in [-0.2, -0.15) is 4.57 Å². The Bertz CT molecular complexity index is 599. The first-order chi connectivity index (χ1) is 9.34. The van der Waals surface area contributed by atoms with E-state index in [-0.39, 0.29) is 12.3 Å². The Morgan fingerprint density at radius 1 is 1.21 bits per heavy atom. The molecule has 0 spiro atoms. The molecule has 0 fully saturated rings. The number of hydrogen-bond donors (Lipinski definition) is 0. The van der Waals surface area contributed by atoms with E-state index < -0.39 is 0 Å². The van der Waals surface area contributed by atoms with Gasteiger partial charge in [0.25, 0.3) is 0 Å². The van der Waals surface area contributed by atoms with E-state index in [0.29, 0.717) is 30.5 Å². The second-order valence-corrected chi connectivity index (χ2v) is 4.15. The summed E-state index contributed by atoms with van der Waals surface area (Å²) in [7, 11) is 0. The van der Waals surface area contributed by atoms with Crippen LogP contribution in [0.3, 0.4) is 0 Å². The van der Waals surface area contributed by atoms with Gasteiger partial charge in [0.2, 0.25) is 12.3 Å². The van der Waals surface area contributed by atoms with Crippen LogP contribution in [0.25, 0.3) is 0 Å². The van der Waals surface area contributed by atoms with Gasteiger partial charge in [-0.1, -0.05) is 30.3 Å². The standard InChI is InChI=1S/C14H13N2O3/c17-12(11-4-2-1-3-5-11)10-16-7-6-15-13-14(16)19-9-8-18-13/h1-7H,8-10H2/q+1. The van der Waals surface area contributed by atoms with Gasteiger partial charge in [-0.3, -0.25) is 4.79 Å². The molecule has 0 radical (unpaired) electrons. The van der Waals surface area contributed by atoms with Gasteiger partial charge >= 0.3 is 11.8 Å². The number of benzene rings is 1. The molecule has 19 heavy (non-hydrogen) atoms. The van der Waals surface area contributed by atoms with Crippen molar-refractivity contribution in [1.82, 2.24) is 4.98 Å². The summed E-state index contributed by atoms with van der Waals surface area (Å²) in [4.78, 5) is 16.2. The van der Waals surface area contributed by atoms with E-state index in [9.17, 15) is 4.79 Å². The van der Waals surface area contributed by atoms with Crippen molar-refractivity contribution in [1.29, 1.82) is 0 Å². The average molecular weight is 257 g/mol. The third-order valence-corrected chi connectivity index (χ3v) is 2.85. The predicted molar refractivity (Wildman–Crippen MR) is 66.2 cm³/mol. The number of Topliss-reactive ketones (excluding diaryl/α,β-unsaturated/α-hetero) is 1. The Kier molecular flexibility index (Phi) is 3.10. The Balaban J connectivity index is 1.86. The summed E-state index contributed by atoms with van der Waals surface area (Å²) in [5, 5.41) is 0. The van der Waals surface area contributed by atoms with E-state index in [0.717, 1.165) is 0 Å². The van der Waals surface area contributed by atoms with Crippen LogP contribution in [0.15, 0.2) is 42.7 Å². The fraction of sp³-hybridized carbons (Fsp3) is 0.214. The molecule has 5 heteroatoms. The first-order valence-corrected chi connectivity index (χ1v) is 6.07. The minimum absolute atomic E-state index is 0.0215. The lowest BCUT2D eigenvalue weighted by Crippen LogP contribution is -2.41. The van der Waals surface area contributed by atoms with Crippen LogP contribution in [-0.2, 0) is 6.54 Å². The van der Waals surface area contributed by atoms with E-state index in [2.05, 4.69) is 4.98 Å². The van der Waals surface area contributed by atoms with Crippen molar-refractivity contribution in [3.05, 3.63) is 48.3 Å². The van der Waals surface area contributed by atoms with E-state index in [1.165, 1.54) is 0 Å². The van der Waals surface area contributed by atoms with Crippen LogP contribution in [0.5, 0.6) is 11.8 Å². The van der Waals surface area contributed by atoms with E-state index in [1.807, 2.05) is 18.2 Å². The zero-order valence-corrected chi connectivity index (χ0v) is 10.3. The van der Waals surface area contributed by atoms with Crippen molar-refractivity contribution in [3.8, 4) is 11.8 Å². The van der Waals surface area contributed by atoms with Gasteiger partial charge in [0.1, 0.15) is 13.2 Å². The number of hydrogen-bond acceptors (Lipinski definition) is 4. The third kappa shape index (κ3) is 2.40. The van der Waals surface area contributed by atoms with Crippen LogP contribution in [0.1, 0.15) is 10.4 Å². The summed E-state index contributed by atoms with van der Waals surface area (Å²) in [6, 6.07) is 9.18. The molecule has 1 aliphatic rings. The second-order valence-electron chi connectivity index (χ2n) is 4.15. The van der Waals surface area contributed by atoms with Gasteiger partial charge in [-0.25, -0.2) is 4.98 Å². The molecule has 0 bridgehead atoms. The Morgan fingerprint density at radius 2 is 2.00 bits per heavy atom. The molecule has 0 amide bonds. The van der Waals surface area contributed by atoms with Gasteiger partial charge in [-0.05, 0) is 0 Å². The smallest absolute Gasteiger partial charge is 0.432 e. The molecule has 5 nitrogen and oxygen atoms in total. The van der Waals surface area contributed by atoms with Crippen molar-refractivity contribution >= 4 is 5.78 Å². The topological polar surface area (TPSA) is 52.3 Å². The maximum Gasteiger partial charge on any atom is 0.432 e. The molecule has 1 aromatic carbocycles. The van der Waals surface area contributed by atoms with Crippen molar-refractivity contribution in [2.24, 2.45) is 0 Å². The van der Waals surface area contributed by atoms with Crippen LogP contribution >= 0.6 is 0 Å². The number of aromatic nitrogens is 2. The highest BCUT2D eigenvalue weighted by molar-refractivity contribution is 5.94. The minimum Gasteiger partial charge on any atom is -0.467 e. The van der Waals surface area contributed by atoms with Gasteiger partial charge in [-0.15, -0.1) is 0 Å². The number of nitrogens with zero attached hydrogens (tertiary/aromatic N) is 2. The maximum absolute atomic E-state index is 12.2. The molecular weight excluding hydrogens is 244 g/mol. The molecule has 0 saturated carbocycles. The lowest BCUT2D eigenvalue weighted by Gasteiger charge is -2.14. The number of rotatable bonds is 3. The third-order valence-electron chi connectivity index (χ3n) is 2.85. The number of carbonyl (C=O) groups excluding carboxylic acids is 1. The van der Waals surface area contributed by atoms with E-state index >= 15 is 0 Å². The molecule has 2 heterocycles. The lowest BCUT2D eigenvalue weighted by atomic mass is 10.1. The van der Waals surface area contributed by atoms with Crippen LogP contribution in [0, 0.1) is 0 Å². The number of fused-ring (bicyclic) bond motifs is 1. The molecule has 96 valence electrons. The minimum atomic E-state index is 0.0215. The summed E-state index contributed by atoms with van der Waals surface area (Å²) in [6.07, 6.45) is 3.32. The highest BCUT2D eigenvalue weighted by Gasteiger charge is 2.26. The highest BCUT2D eigenvalue weighted by atomic mass is 16.6. The summed E-state index contributed by atoms with van der Waals surface area (Å²) in [6.45, 7) is 1.16. The van der Waals surface area contributed by atoms with Crippen molar-refractivity contribution in [2.75, 3.05) is 13.2 Å². The van der Waals surface area contributed by atoms with Gasteiger partial charge < -0.3 is 9.47 Å². The molecule has 2 aromatic rings. The van der Waals surface area contributed by atoms with Gasteiger partial charge in [0.05, 0.1) is 6.20 Å².